The average Bonchev–Trinajstić information content (AvgIpc) is 2.66. The van der Waals surface area contributed by atoms with Crippen molar-refractivity contribution in [2.24, 2.45) is 0 Å². The molecule has 1 heterocycles. The maximum atomic E-state index is 12.2. The van der Waals surface area contributed by atoms with Crippen LogP contribution in [0.5, 0.6) is 11.5 Å². The summed E-state index contributed by atoms with van der Waals surface area (Å²) in [6, 6.07) is 10.2. The summed E-state index contributed by atoms with van der Waals surface area (Å²) in [6.45, 7) is 12.5. The summed E-state index contributed by atoms with van der Waals surface area (Å²) < 4.78 is 18.0. The highest BCUT2D eigenvalue weighted by Crippen LogP contribution is 2.44. The third-order valence-electron chi connectivity index (χ3n) is 5.67. The summed E-state index contributed by atoms with van der Waals surface area (Å²) in [5.74, 6) is 1.63. The van der Waals surface area contributed by atoms with Crippen molar-refractivity contribution >= 4 is 5.97 Å². The molecular formula is C25H32O4. The summed E-state index contributed by atoms with van der Waals surface area (Å²) in [7, 11) is 0. The molecule has 29 heavy (non-hydrogen) atoms. The van der Waals surface area contributed by atoms with Crippen LogP contribution in [0.3, 0.4) is 0 Å². The number of esters is 1. The second kappa shape index (κ2) is 8.48. The van der Waals surface area contributed by atoms with Crippen LogP contribution in [0.15, 0.2) is 30.3 Å². The van der Waals surface area contributed by atoms with Gasteiger partial charge in [-0.1, -0.05) is 30.3 Å². The van der Waals surface area contributed by atoms with Crippen LogP contribution < -0.4 is 9.47 Å². The lowest BCUT2D eigenvalue weighted by molar-refractivity contribution is -0.152. The van der Waals surface area contributed by atoms with Crippen molar-refractivity contribution in [3.05, 3.63) is 58.1 Å². The highest BCUT2D eigenvalue weighted by molar-refractivity contribution is 5.71. The smallest absolute Gasteiger partial charge is 0.310 e. The Labute approximate surface area is 174 Å². The predicted molar refractivity (Wildman–Crippen MR) is 115 cm³/mol. The van der Waals surface area contributed by atoms with E-state index in [2.05, 4.69) is 32.9 Å². The monoisotopic (exact) mass is 396 g/mol. The summed E-state index contributed by atoms with van der Waals surface area (Å²) in [6.07, 6.45) is 1.77. The van der Waals surface area contributed by atoms with Crippen molar-refractivity contribution in [2.45, 2.75) is 79.1 Å². The zero-order chi connectivity index (χ0) is 21.2. The van der Waals surface area contributed by atoms with Gasteiger partial charge in [0.15, 0.2) is 0 Å². The summed E-state index contributed by atoms with van der Waals surface area (Å²) in [5, 5.41) is 0. The van der Waals surface area contributed by atoms with Crippen molar-refractivity contribution in [2.75, 3.05) is 0 Å². The van der Waals surface area contributed by atoms with Gasteiger partial charge in [0.25, 0.3) is 0 Å². The number of ether oxygens (including phenoxy) is 3. The molecule has 3 rings (SSSR count). The fourth-order valence-electron chi connectivity index (χ4n) is 3.96. The minimum Gasteiger partial charge on any atom is -0.488 e. The van der Waals surface area contributed by atoms with Crippen LogP contribution >= 0.6 is 0 Å². The van der Waals surface area contributed by atoms with Crippen LogP contribution in [-0.2, 0) is 22.6 Å². The van der Waals surface area contributed by atoms with Crippen molar-refractivity contribution < 1.29 is 19.0 Å². The molecule has 0 radical (unpaired) electrons. The lowest BCUT2D eigenvalue weighted by atomic mass is 9.85. The number of carbonyl (C=O) groups excluding carboxylic acids is 1. The minimum atomic E-state index is -0.547. The molecule has 1 aliphatic rings. The van der Waals surface area contributed by atoms with Crippen LogP contribution in [0.4, 0.5) is 0 Å². The normalized spacial score (nSPS) is 18.2. The Hall–Kier alpha value is -2.49. The van der Waals surface area contributed by atoms with Gasteiger partial charge in [-0.2, -0.15) is 0 Å². The largest absolute Gasteiger partial charge is 0.488 e. The van der Waals surface area contributed by atoms with Gasteiger partial charge in [-0.05, 0) is 76.6 Å². The van der Waals surface area contributed by atoms with E-state index in [-0.39, 0.29) is 18.5 Å². The first-order valence-corrected chi connectivity index (χ1v) is 10.4. The number of benzene rings is 2. The Balaban J connectivity index is 1.83. The molecule has 4 nitrogen and oxygen atoms in total. The molecular weight excluding hydrogens is 364 g/mol. The fraction of sp³-hybridized carbons (Fsp3) is 0.480. The molecule has 156 valence electrons. The molecule has 0 unspecified atom stereocenters. The van der Waals surface area contributed by atoms with E-state index in [0.29, 0.717) is 6.61 Å². The van der Waals surface area contributed by atoms with Crippen LogP contribution in [0.1, 0.15) is 61.4 Å². The number of hydrogen-bond donors (Lipinski definition) is 0. The molecule has 0 bridgehead atoms. The standard InChI is InChI=1S/C25H32O4/c1-16(2)28-22(26)14-25(6)13-12-21-19(5)23(17(3)18(4)24(21)29-25)27-15-20-10-8-7-9-11-20/h7-11,16H,12-15H2,1-6H3/t25-/m0/s1. The van der Waals surface area contributed by atoms with E-state index in [1.165, 1.54) is 5.56 Å². The minimum absolute atomic E-state index is 0.113. The van der Waals surface area contributed by atoms with Gasteiger partial charge in [0, 0.05) is 5.56 Å². The highest BCUT2D eigenvalue weighted by atomic mass is 16.5. The van der Waals surface area contributed by atoms with Crippen molar-refractivity contribution in [1.82, 2.24) is 0 Å². The van der Waals surface area contributed by atoms with Crippen LogP contribution in [-0.4, -0.2) is 17.7 Å². The van der Waals surface area contributed by atoms with Gasteiger partial charge in [0.1, 0.15) is 23.7 Å². The topological polar surface area (TPSA) is 44.8 Å². The van der Waals surface area contributed by atoms with E-state index in [9.17, 15) is 4.79 Å². The molecule has 0 amide bonds. The lowest BCUT2D eigenvalue weighted by Gasteiger charge is -2.37. The highest BCUT2D eigenvalue weighted by Gasteiger charge is 2.37. The molecule has 1 aliphatic heterocycles. The molecule has 2 aromatic carbocycles. The first kappa shape index (κ1) is 21.2. The van der Waals surface area contributed by atoms with Gasteiger partial charge in [-0.3, -0.25) is 4.79 Å². The Morgan fingerprint density at radius 3 is 2.45 bits per heavy atom. The molecule has 1 atom stereocenters. The fourth-order valence-corrected chi connectivity index (χ4v) is 3.96. The third-order valence-corrected chi connectivity index (χ3v) is 5.67. The third kappa shape index (κ3) is 4.75. The second-order valence-corrected chi connectivity index (χ2v) is 8.55. The molecule has 0 aromatic heterocycles. The lowest BCUT2D eigenvalue weighted by Crippen LogP contribution is -2.40. The van der Waals surface area contributed by atoms with Crippen molar-refractivity contribution in [3.63, 3.8) is 0 Å². The number of rotatable bonds is 6. The molecule has 0 saturated carbocycles. The van der Waals surface area contributed by atoms with Crippen LogP contribution in [0, 0.1) is 20.8 Å². The predicted octanol–water partition coefficient (Wildman–Crippen LogP) is 5.62. The maximum absolute atomic E-state index is 12.2. The van der Waals surface area contributed by atoms with E-state index >= 15 is 0 Å². The van der Waals surface area contributed by atoms with Crippen molar-refractivity contribution in [3.8, 4) is 11.5 Å². The Kier molecular flexibility index (Phi) is 6.21. The van der Waals surface area contributed by atoms with Gasteiger partial charge in [0.05, 0.1) is 12.5 Å². The molecule has 0 aliphatic carbocycles. The first-order chi connectivity index (χ1) is 13.7. The Morgan fingerprint density at radius 2 is 1.79 bits per heavy atom. The quantitative estimate of drug-likeness (QED) is 0.595. The van der Waals surface area contributed by atoms with E-state index in [1.807, 2.05) is 39.0 Å². The number of fused-ring (bicyclic) bond motifs is 1. The molecule has 4 heteroatoms. The van der Waals surface area contributed by atoms with Gasteiger partial charge < -0.3 is 14.2 Å². The SMILES string of the molecule is Cc1c(C)c2c(c(C)c1OCc1ccccc1)CC[C@@](C)(CC(=O)OC(C)C)O2. The Bertz CT molecular complexity index is 886. The van der Waals surface area contributed by atoms with E-state index < -0.39 is 5.60 Å². The molecule has 0 spiro atoms. The van der Waals surface area contributed by atoms with Crippen molar-refractivity contribution in [1.29, 1.82) is 0 Å². The number of carbonyl (C=O) groups is 1. The molecule has 0 fully saturated rings. The molecule has 0 saturated heterocycles. The molecule has 2 aromatic rings. The summed E-state index contributed by atoms with van der Waals surface area (Å²) in [4.78, 5) is 12.2. The van der Waals surface area contributed by atoms with Gasteiger partial charge in [-0.25, -0.2) is 0 Å². The van der Waals surface area contributed by atoms with Crippen LogP contribution in [0.2, 0.25) is 0 Å². The van der Waals surface area contributed by atoms with Crippen LogP contribution in [0.25, 0.3) is 0 Å². The van der Waals surface area contributed by atoms with Gasteiger partial charge >= 0.3 is 5.97 Å². The summed E-state index contributed by atoms with van der Waals surface area (Å²) in [5.41, 5.74) is 5.09. The van der Waals surface area contributed by atoms with E-state index in [1.54, 1.807) is 0 Å². The van der Waals surface area contributed by atoms with Gasteiger partial charge in [0.2, 0.25) is 0 Å². The zero-order valence-electron chi connectivity index (χ0n) is 18.4. The zero-order valence-corrected chi connectivity index (χ0v) is 18.4. The second-order valence-electron chi connectivity index (χ2n) is 8.55. The Morgan fingerprint density at radius 1 is 1.10 bits per heavy atom. The number of hydrogen-bond acceptors (Lipinski definition) is 4. The average molecular weight is 397 g/mol. The first-order valence-electron chi connectivity index (χ1n) is 10.4. The maximum Gasteiger partial charge on any atom is 0.310 e. The molecule has 0 N–H and O–H groups in total. The summed E-state index contributed by atoms with van der Waals surface area (Å²) >= 11 is 0. The van der Waals surface area contributed by atoms with E-state index in [0.717, 1.165) is 46.6 Å². The van der Waals surface area contributed by atoms with E-state index in [4.69, 9.17) is 14.2 Å². The van der Waals surface area contributed by atoms with Gasteiger partial charge in [-0.15, -0.1) is 0 Å².